The molecule has 5 nitrogen and oxygen atoms in total. The van der Waals surface area contributed by atoms with E-state index in [1.54, 1.807) is 18.3 Å². The molecule has 0 saturated carbocycles. The third-order valence-electron chi connectivity index (χ3n) is 4.26. The average Bonchev–Trinajstić information content (AvgIpc) is 3.14. The Balaban J connectivity index is 0.00000192. The maximum Gasteiger partial charge on any atom is 0.257 e. The summed E-state index contributed by atoms with van der Waals surface area (Å²) in [7, 11) is 0. The Bertz CT molecular complexity index is 671. The van der Waals surface area contributed by atoms with Crippen LogP contribution in [0.25, 0.3) is 11.3 Å². The van der Waals surface area contributed by atoms with Crippen LogP contribution in [0.3, 0.4) is 0 Å². The van der Waals surface area contributed by atoms with Crippen molar-refractivity contribution in [2.75, 3.05) is 13.1 Å². The van der Waals surface area contributed by atoms with Gasteiger partial charge in [-0.1, -0.05) is 23.7 Å². The number of nitrogens with two attached hydrogens (primary N) is 1. The second-order valence-corrected chi connectivity index (χ2v) is 6.25. The second kappa shape index (κ2) is 7.34. The summed E-state index contributed by atoms with van der Waals surface area (Å²) in [5.41, 5.74) is 7.96. The van der Waals surface area contributed by atoms with Crippen molar-refractivity contribution in [3.63, 3.8) is 0 Å². The molecule has 1 aliphatic rings. The lowest BCUT2D eigenvalue weighted by Crippen LogP contribution is -2.34. The third-order valence-corrected chi connectivity index (χ3v) is 4.51. The minimum Gasteiger partial charge on any atom is -0.335 e. The van der Waals surface area contributed by atoms with Crippen LogP contribution in [0.15, 0.2) is 30.5 Å². The van der Waals surface area contributed by atoms with E-state index in [2.05, 4.69) is 17.1 Å². The second-order valence-electron chi connectivity index (χ2n) is 5.81. The molecule has 1 aromatic carbocycles. The molecule has 0 radical (unpaired) electrons. The first-order valence-electron chi connectivity index (χ1n) is 7.40. The normalized spacial score (nSPS) is 20.4. The van der Waals surface area contributed by atoms with Crippen molar-refractivity contribution >= 4 is 29.9 Å². The van der Waals surface area contributed by atoms with E-state index >= 15 is 0 Å². The van der Waals surface area contributed by atoms with E-state index < -0.39 is 0 Å². The topological polar surface area (TPSA) is 75.0 Å². The van der Waals surface area contributed by atoms with Gasteiger partial charge in [0.05, 0.1) is 17.5 Å². The number of carbonyl (C=O) groups excluding carboxylic acids is 1. The molecule has 2 heterocycles. The van der Waals surface area contributed by atoms with Crippen LogP contribution in [-0.2, 0) is 0 Å². The molecule has 0 bridgehead atoms. The number of nitrogens with zero attached hydrogens (tertiary/aromatic N) is 2. The number of hydrogen-bond donors (Lipinski definition) is 2. The highest BCUT2D eigenvalue weighted by atomic mass is 35.5. The Hall–Kier alpha value is -1.56. The highest BCUT2D eigenvalue weighted by Crippen LogP contribution is 2.28. The number of likely N-dealkylation sites (tertiary alicyclic amines) is 1. The predicted molar refractivity (Wildman–Crippen MR) is 93.9 cm³/mol. The molecule has 1 fully saturated rings. The smallest absolute Gasteiger partial charge is 0.257 e. The van der Waals surface area contributed by atoms with Crippen LogP contribution in [0.5, 0.6) is 0 Å². The number of halogens is 2. The fourth-order valence-electron chi connectivity index (χ4n) is 3.04. The summed E-state index contributed by atoms with van der Waals surface area (Å²) in [5.74, 6) is 0.381. The van der Waals surface area contributed by atoms with E-state index in [9.17, 15) is 4.79 Å². The molecule has 7 heteroatoms. The van der Waals surface area contributed by atoms with Gasteiger partial charge in [-0.3, -0.25) is 9.89 Å². The van der Waals surface area contributed by atoms with Crippen LogP contribution in [-0.4, -0.2) is 40.1 Å². The predicted octanol–water partition coefficient (Wildman–Crippen LogP) is 2.96. The Morgan fingerprint density at radius 3 is 2.74 bits per heavy atom. The molecule has 3 N–H and O–H groups in total. The molecule has 0 spiro atoms. The maximum atomic E-state index is 12.8. The number of aromatic nitrogens is 2. The summed E-state index contributed by atoms with van der Waals surface area (Å²) in [6, 6.07) is 7.56. The Labute approximate surface area is 146 Å². The van der Waals surface area contributed by atoms with Gasteiger partial charge in [-0.15, -0.1) is 12.4 Å². The van der Waals surface area contributed by atoms with Gasteiger partial charge < -0.3 is 10.6 Å². The number of aromatic amines is 1. The van der Waals surface area contributed by atoms with Crippen LogP contribution >= 0.6 is 24.0 Å². The first-order valence-corrected chi connectivity index (χ1v) is 7.78. The number of carbonyl (C=O) groups is 1. The molecule has 1 aromatic heterocycles. The van der Waals surface area contributed by atoms with Gasteiger partial charge in [-0.05, 0) is 37.9 Å². The monoisotopic (exact) mass is 354 g/mol. The molecular formula is C16H20Cl2N4O. The minimum atomic E-state index is 0. The molecule has 0 aliphatic carbocycles. The van der Waals surface area contributed by atoms with Gasteiger partial charge in [0.25, 0.3) is 5.91 Å². The van der Waals surface area contributed by atoms with E-state index in [0.717, 1.165) is 17.7 Å². The van der Waals surface area contributed by atoms with E-state index in [4.69, 9.17) is 17.3 Å². The summed E-state index contributed by atoms with van der Waals surface area (Å²) in [5, 5.41) is 7.63. The zero-order valence-corrected chi connectivity index (χ0v) is 14.4. The number of benzene rings is 1. The highest BCUT2D eigenvalue weighted by molar-refractivity contribution is 6.30. The van der Waals surface area contributed by atoms with Crippen LogP contribution in [0, 0.1) is 5.92 Å². The molecule has 1 amide bonds. The quantitative estimate of drug-likeness (QED) is 0.889. The van der Waals surface area contributed by atoms with Crippen LogP contribution in [0.4, 0.5) is 0 Å². The minimum absolute atomic E-state index is 0. The zero-order chi connectivity index (χ0) is 15.7. The lowest BCUT2D eigenvalue weighted by atomic mass is 10.1. The van der Waals surface area contributed by atoms with Crippen LogP contribution < -0.4 is 5.73 Å². The van der Waals surface area contributed by atoms with Crippen LogP contribution in [0.2, 0.25) is 5.02 Å². The molecule has 2 atom stereocenters. The standard InChI is InChI=1S/C16H19ClN4O.ClH/c1-10-6-11(7-18)9-21(10)16(22)14-8-19-20-15(14)12-2-4-13(17)5-3-12;/h2-5,8,10-11H,6-7,9,18H2,1H3,(H,19,20);1H. The summed E-state index contributed by atoms with van der Waals surface area (Å²) >= 11 is 5.92. The Morgan fingerprint density at radius 2 is 2.13 bits per heavy atom. The fourth-order valence-corrected chi connectivity index (χ4v) is 3.16. The summed E-state index contributed by atoms with van der Waals surface area (Å²) in [6.45, 7) is 3.39. The van der Waals surface area contributed by atoms with Gasteiger partial charge in [0.1, 0.15) is 0 Å². The highest BCUT2D eigenvalue weighted by Gasteiger charge is 2.33. The van der Waals surface area contributed by atoms with E-state index in [1.807, 2.05) is 17.0 Å². The molecule has 3 rings (SSSR count). The lowest BCUT2D eigenvalue weighted by molar-refractivity contribution is 0.0744. The number of nitrogens with one attached hydrogen (secondary N) is 1. The number of H-pyrrole nitrogens is 1. The Morgan fingerprint density at radius 1 is 1.43 bits per heavy atom. The molecule has 2 aromatic rings. The molecular weight excluding hydrogens is 335 g/mol. The number of rotatable bonds is 3. The van der Waals surface area contributed by atoms with Crippen molar-refractivity contribution < 1.29 is 4.79 Å². The van der Waals surface area contributed by atoms with Gasteiger partial charge in [0.2, 0.25) is 0 Å². The van der Waals surface area contributed by atoms with Crippen molar-refractivity contribution in [3.05, 3.63) is 41.0 Å². The summed E-state index contributed by atoms with van der Waals surface area (Å²) < 4.78 is 0. The largest absolute Gasteiger partial charge is 0.335 e. The SMILES string of the molecule is CC1CC(CN)CN1C(=O)c1cn[nH]c1-c1ccc(Cl)cc1.Cl. The van der Waals surface area contributed by atoms with Gasteiger partial charge in [-0.25, -0.2) is 0 Å². The molecule has 1 saturated heterocycles. The van der Waals surface area contributed by atoms with E-state index in [0.29, 0.717) is 29.6 Å². The fraction of sp³-hybridized carbons (Fsp3) is 0.375. The molecule has 23 heavy (non-hydrogen) atoms. The average molecular weight is 355 g/mol. The Kier molecular flexibility index (Phi) is 5.68. The van der Waals surface area contributed by atoms with Crippen molar-refractivity contribution in [1.29, 1.82) is 0 Å². The van der Waals surface area contributed by atoms with Crippen molar-refractivity contribution in [2.24, 2.45) is 11.7 Å². The first kappa shape index (κ1) is 17.8. The van der Waals surface area contributed by atoms with Gasteiger partial charge >= 0.3 is 0 Å². The van der Waals surface area contributed by atoms with Crippen molar-refractivity contribution in [1.82, 2.24) is 15.1 Å². The molecule has 124 valence electrons. The lowest BCUT2D eigenvalue weighted by Gasteiger charge is -2.21. The van der Waals surface area contributed by atoms with Gasteiger partial charge in [0, 0.05) is 23.2 Å². The third kappa shape index (κ3) is 3.52. The van der Waals surface area contributed by atoms with Crippen molar-refractivity contribution in [3.8, 4) is 11.3 Å². The first-order chi connectivity index (χ1) is 10.6. The van der Waals surface area contributed by atoms with Gasteiger partial charge in [0.15, 0.2) is 0 Å². The summed E-state index contributed by atoms with van der Waals surface area (Å²) in [4.78, 5) is 14.7. The van der Waals surface area contributed by atoms with E-state index in [1.165, 1.54) is 0 Å². The zero-order valence-electron chi connectivity index (χ0n) is 12.8. The number of amides is 1. The van der Waals surface area contributed by atoms with Crippen LogP contribution in [0.1, 0.15) is 23.7 Å². The van der Waals surface area contributed by atoms with Crippen molar-refractivity contribution in [2.45, 2.75) is 19.4 Å². The number of hydrogen-bond acceptors (Lipinski definition) is 3. The molecule has 1 aliphatic heterocycles. The molecule has 2 unspecified atom stereocenters. The summed E-state index contributed by atoms with van der Waals surface area (Å²) in [6.07, 6.45) is 2.55. The van der Waals surface area contributed by atoms with Gasteiger partial charge in [-0.2, -0.15) is 5.10 Å². The van der Waals surface area contributed by atoms with E-state index in [-0.39, 0.29) is 24.4 Å². The maximum absolute atomic E-state index is 12.8.